The Bertz CT molecular complexity index is 594. The minimum atomic E-state index is -0.393. The van der Waals surface area contributed by atoms with Gasteiger partial charge in [0.2, 0.25) is 0 Å². The molecule has 1 N–H and O–H groups in total. The minimum Gasteiger partial charge on any atom is -0.388 e. The maximum atomic E-state index is 10.5. The Morgan fingerprint density at radius 1 is 0.955 bits per heavy atom. The molecule has 1 aliphatic rings. The first-order valence-electron chi connectivity index (χ1n) is 7.99. The lowest BCUT2D eigenvalue weighted by atomic mass is 9.96. The van der Waals surface area contributed by atoms with Gasteiger partial charge in [-0.05, 0) is 24.0 Å². The molecule has 0 saturated carbocycles. The van der Waals surface area contributed by atoms with Crippen LogP contribution in [0.3, 0.4) is 0 Å². The maximum Gasteiger partial charge on any atom is 0.0805 e. The fourth-order valence-corrected chi connectivity index (χ4v) is 3.09. The van der Waals surface area contributed by atoms with Crippen LogP contribution in [-0.4, -0.2) is 22.6 Å². The van der Waals surface area contributed by atoms with Gasteiger partial charge in [0.25, 0.3) is 0 Å². The van der Waals surface area contributed by atoms with Crippen LogP contribution >= 0.6 is 0 Å². The highest BCUT2D eigenvalue weighted by molar-refractivity contribution is 5.18. The molecule has 114 valence electrons. The minimum absolute atomic E-state index is 0.389. The van der Waals surface area contributed by atoms with E-state index >= 15 is 0 Å². The van der Waals surface area contributed by atoms with Crippen LogP contribution in [0.4, 0.5) is 0 Å². The summed E-state index contributed by atoms with van der Waals surface area (Å²) in [4.78, 5) is 2.46. The largest absolute Gasteiger partial charge is 0.388 e. The van der Waals surface area contributed by atoms with Crippen molar-refractivity contribution in [3.05, 3.63) is 83.9 Å². The average Bonchev–Trinajstić information content (AvgIpc) is 2.58. The highest BCUT2D eigenvalue weighted by Crippen LogP contribution is 2.25. The van der Waals surface area contributed by atoms with Gasteiger partial charge in [-0.2, -0.15) is 0 Å². The second-order valence-electron chi connectivity index (χ2n) is 5.94. The number of hydrogen-bond donors (Lipinski definition) is 1. The number of hydrogen-bond acceptors (Lipinski definition) is 2. The first-order chi connectivity index (χ1) is 10.8. The van der Waals surface area contributed by atoms with Crippen LogP contribution < -0.4 is 0 Å². The summed E-state index contributed by atoms with van der Waals surface area (Å²) in [6.45, 7) is 1.90. The number of aliphatic hydroxyl groups excluding tert-OH is 1. The van der Waals surface area contributed by atoms with Crippen molar-refractivity contribution in [2.75, 3.05) is 6.54 Å². The van der Waals surface area contributed by atoms with Crippen LogP contribution in [0.15, 0.2) is 72.8 Å². The predicted octanol–water partition coefficient (Wildman–Crippen LogP) is 3.94. The Labute approximate surface area is 132 Å². The second-order valence-corrected chi connectivity index (χ2v) is 5.94. The molecule has 2 nitrogen and oxygen atoms in total. The molecule has 0 unspecified atom stereocenters. The van der Waals surface area contributed by atoms with Gasteiger partial charge in [0.05, 0.1) is 6.10 Å². The van der Waals surface area contributed by atoms with Crippen molar-refractivity contribution in [1.82, 2.24) is 4.90 Å². The standard InChI is InChI=1S/C20H23NO/c22-20(18-11-5-2-6-12-18)15-19-13-7-8-14-21(19)16-17-9-3-1-4-10-17/h1-12,19-20,22H,13-16H2/t19-,20-/m0/s1. The topological polar surface area (TPSA) is 23.5 Å². The lowest BCUT2D eigenvalue weighted by Gasteiger charge is -2.34. The van der Waals surface area contributed by atoms with E-state index in [2.05, 4.69) is 47.4 Å². The molecule has 2 aromatic rings. The Morgan fingerprint density at radius 3 is 2.36 bits per heavy atom. The van der Waals surface area contributed by atoms with E-state index in [0.717, 1.165) is 31.5 Å². The second kappa shape index (κ2) is 7.39. The zero-order chi connectivity index (χ0) is 15.2. The molecule has 1 aliphatic heterocycles. The zero-order valence-corrected chi connectivity index (χ0v) is 12.8. The Hall–Kier alpha value is -1.90. The molecule has 0 amide bonds. The highest BCUT2D eigenvalue weighted by atomic mass is 16.3. The third kappa shape index (κ3) is 3.85. The molecule has 0 saturated heterocycles. The zero-order valence-electron chi connectivity index (χ0n) is 12.8. The van der Waals surface area contributed by atoms with E-state index in [4.69, 9.17) is 0 Å². The van der Waals surface area contributed by atoms with Crippen molar-refractivity contribution in [3.8, 4) is 0 Å². The molecule has 2 atom stereocenters. The molecule has 2 aromatic carbocycles. The van der Waals surface area contributed by atoms with E-state index in [9.17, 15) is 5.11 Å². The average molecular weight is 293 g/mol. The molecule has 0 aromatic heterocycles. The summed E-state index contributed by atoms with van der Waals surface area (Å²) in [5, 5.41) is 10.5. The van der Waals surface area contributed by atoms with Crippen LogP contribution in [0.25, 0.3) is 0 Å². The fraction of sp³-hybridized carbons (Fsp3) is 0.300. The van der Waals surface area contributed by atoms with Gasteiger partial charge in [-0.25, -0.2) is 0 Å². The molecule has 0 spiro atoms. The van der Waals surface area contributed by atoms with E-state index in [0.29, 0.717) is 6.04 Å². The lowest BCUT2D eigenvalue weighted by molar-refractivity contribution is 0.100. The summed E-state index contributed by atoms with van der Waals surface area (Å²) in [5.41, 5.74) is 2.34. The number of rotatable bonds is 5. The smallest absolute Gasteiger partial charge is 0.0805 e. The van der Waals surface area contributed by atoms with Crippen molar-refractivity contribution in [2.45, 2.75) is 31.5 Å². The van der Waals surface area contributed by atoms with Gasteiger partial charge >= 0.3 is 0 Å². The summed E-state index contributed by atoms with van der Waals surface area (Å²) < 4.78 is 0. The quantitative estimate of drug-likeness (QED) is 0.844. The van der Waals surface area contributed by atoms with E-state index in [-0.39, 0.29) is 0 Å². The Kier molecular flexibility index (Phi) is 5.04. The molecule has 1 heterocycles. The summed E-state index contributed by atoms with van der Waals surface area (Å²) in [6.07, 6.45) is 5.87. The van der Waals surface area contributed by atoms with Crippen molar-refractivity contribution in [3.63, 3.8) is 0 Å². The monoisotopic (exact) mass is 293 g/mol. The molecular formula is C20H23NO. The highest BCUT2D eigenvalue weighted by Gasteiger charge is 2.23. The summed E-state index contributed by atoms with van der Waals surface area (Å²) in [5.74, 6) is 0. The Morgan fingerprint density at radius 2 is 1.64 bits per heavy atom. The summed E-state index contributed by atoms with van der Waals surface area (Å²) in [7, 11) is 0. The van der Waals surface area contributed by atoms with Crippen LogP contribution in [-0.2, 0) is 6.54 Å². The van der Waals surface area contributed by atoms with Gasteiger partial charge in [0.1, 0.15) is 0 Å². The van der Waals surface area contributed by atoms with Crippen molar-refractivity contribution < 1.29 is 5.11 Å². The third-order valence-electron chi connectivity index (χ3n) is 4.34. The van der Waals surface area contributed by atoms with Crippen LogP contribution in [0.5, 0.6) is 0 Å². The van der Waals surface area contributed by atoms with Crippen LogP contribution in [0.2, 0.25) is 0 Å². The van der Waals surface area contributed by atoms with E-state index in [1.807, 2.05) is 30.3 Å². The van der Waals surface area contributed by atoms with Crippen LogP contribution in [0, 0.1) is 0 Å². The van der Waals surface area contributed by atoms with Gasteiger partial charge in [0, 0.05) is 19.1 Å². The number of benzene rings is 2. The SMILES string of the molecule is O[C@@H](C[C@@H]1CC=CCN1Cc1ccccc1)c1ccccc1. The summed E-state index contributed by atoms with van der Waals surface area (Å²) >= 11 is 0. The third-order valence-corrected chi connectivity index (χ3v) is 4.34. The van der Waals surface area contributed by atoms with Crippen molar-refractivity contribution in [1.29, 1.82) is 0 Å². The first-order valence-corrected chi connectivity index (χ1v) is 7.99. The van der Waals surface area contributed by atoms with Gasteiger partial charge in [-0.15, -0.1) is 0 Å². The number of aliphatic hydroxyl groups is 1. The number of nitrogens with zero attached hydrogens (tertiary/aromatic N) is 1. The van der Waals surface area contributed by atoms with Gasteiger partial charge in [-0.3, -0.25) is 4.90 Å². The van der Waals surface area contributed by atoms with Gasteiger partial charge in [0.15, 0.2) is 0 Å². The van der Waals surface area contributed by atoms with Gasteiger partial charge in [-0.1, -0.05) is 72.8 Å². The molecule has 0 aliphatic carbocycles. The maximum absolute atomic E-state index is 10.5. The first kappa shape index (κ1) is 15.0. The Balaban J connectivity index is 1.67. The van der Waals surface area contributed by atoms with E-state index in [1.54, 1.807) is 0 Å². The van der Waals surface area contributed by atoms with E-state index < -0.39 is 6.10 Å². The molecular weight excluding hydrogens is 270 g/mol. The molecule has 0 bridgehead atoms. The molecule has 3 rings (SSSR count). The van der Waals surface area contributed by atoms with Crippen LogP contribution in [0.1, 0.15) is 30.1 Å². The van der Waals surface area contributed by atoms with Crippen molar-refractivity contribution >= 4 is 0 Å². The van der Waals surface area contributed by atoms with Crippen molar-refractivity contribution in [2.24, 2.45) is 0 Å². The molecule has 0 radical (unpaired) electrons. The lowest BCUT2D eigenvalue weighted by Crippen LogP contribution is -2.38. The fourth-order valence-electron chi connectivity index (χ4n) is 3.09. The molecule has 2 heteroatoms. The molecule has 0 fully saturated rings. The predicted molar refractivity (Wildman–Crippen MR) is 90.4 cm³/mol. The summed E-state index contributed by atoms with van der Waals surface area (Å²) in [6, 6.07) is 20.9. The van der Waals surface area contributed by atoms with E-state index in [1.165, 1.54) is 5.56 Å². The molecule has 22 heavy (non-hydrogen) atoms. The normalized spacial score (nSPS) is 20.0. The van der Waals surface area contributed by atoms with Gasteiger partial charge < -0.3 is 5.11 Å².